The number of hydrazine groups is 1. The standard InChI is InChI=1S/C17H16N4O5/c1-3-21-7-6-13(20-21)17(24)19-18-16(23)12-9-15(22)26-14-8-10(25-2)4-5-11(12)14/h4-9H,3H2,1-2H3,(H,18,23)(H,19,24). The quantitative estimate of drug-likeness (QED) is 0.534. The molecule has 0 unspecified atom stereocenters. The zero-order chi connectivity index (χ0) is 18.7. The van der Waals surface area contributed by atoms with E-state index in [4.69, 9.17) is 9.15 Å². The maximum atomic E-state index is 12.4. The van der Waals surface area contributed by atoms with E-state index in [0.717, 1.165) is 6.07 Å². The summed E-state index contributed by atoms with van der Waals surface area (Å²) in [7, 11) is 1.48. The van der Waals surface area contributed by atoms with Gasteiger partial charge in [0.2, 0.25) is 0 Å². The van der Waals surface area contributed by atoms with Crippen LogP contribution in [-0.4, -0.2) is 28.7 Å². The normalized spacial score (nSPS) is 10.5. The molecule has 0 fully saturated rings. The number of carbonyl (C=O) groups is 2. The van der Waals surface area contributed by atoms with Gasteiger partial charge < -0.3 is 9.15 Å². The van der Waals surface area contributed by atoms with Gasteiger partial charge in [-0.05, 0) is 25.1 Å². The lowest BCUT2D eigenvalue weighted by Gasteiger charge is -2.08. The topological polar surface area (TPSA) is 115 Å². The van der Waals surface area contributed by atoms with Gasteiger partial charge in [-0.1, -0.05) is 0 Å². The Labute approximate surface area is 147 Å². The van der Waals surface area contributed by atoms with Gasteiger partial charge in [-0.15, -0.1) is 0 Å². The summed E-state index contributed by atoms with van der Waals surface area (Å²) in [5.41, 5.74) is 4.28. The Morgan fingerprint density at radius 3 is 2.65 bits per heavy atom. The van der Waals surface area contributed by atoms with Gasteiger partial charge in [0.05, 0.1) is 12.7 Å². The number of nitrogens with one attached hydrogen (secondary N) is 2. The zero-order valence-electron chi connectivity index (χ0n) is 14.1. The number of hydrogen-bond donors (Lipinski definition) is 2. The monoisotopic (exact) mass is 356 g/mol. The molecule has 2 amide bonds. The lowest BCUT2D eigenvalue weighted by Crippen LogP contribution is -2.42. The largest absolute Gasteiger partial charge is 0.497 e. The Morgan fingerprint density at radius 2 is 1.96 bits per heavy atom. The summed E-state index contributed by atoms with van der Waals surface area (Å²) < 4.78 is 11.7. The van der Waals surface area contributed by atoms with Gasteiger partial charge in [-0.2, -0.15) is 5.10 Å². The zero-order valence-corrected chi connectivity index (χ0v) is 14.1. The highest BCUT2D eigenvalue weighted by atomic mass is 16.5. The number of nitrogens with zero attached hydrogens (tertiary/aromatic N) is 2. The van der Waals surface area contributed by atoms with Crippen molar-refractivity contribution in [1.29, 1.82) is 0 Å². The highest BCUT2D eigenvalue weighted by Crippen LogP contribution is 2.22. The van der Waals surface area contributed by atoms with Crippen LogP contribution in [0, 0.1) is 0 Å². The van der Waals surface area contributed by atoms with Gasteiger partial charge in [0.1, 0.15) is 11.3 Å². The van der Waals surface area contributed by atoms with E-state index in [-0.39, 0.29) is 16.8 Å². The molecular formula is C17H16N4O5. The predicted molar refractivity (Wildman–Crippen MR) is 91.9 cm³/mol. The number of methoxy groups -OCH3 is 1. The van der Waals surface area contributed by atoms with Crippen LogP contribution in [0.15, 0.2) is 45.7 Å². The van der Waals surface area contributed by atoms with Crippen LogP contribution in [0.25, 0.3) is 11.0 Å². The van der Waals surface area contributed by atoms with E-state index in [9.17, 15) is 14.4 Å². The van der Waals surface area contributed by atoms with Crippen LogP contribution in [0.5, 0.6) is 5.75 Å². The molecule has 0 aliphatic carbocycles. The summed E-state index contributed by atoms with van der Waals surface area (Å²) in [5, 5.41) is 4.45. The Bertz CT molecular complexity index is 1040. The third kappa shape index (κ3) is 3.41. The molecule has 26 heavy (non-hydrogen) atoms. The first-order valence-corrected chi connectivity index (χ1v) is 7.78. The maximum Gasteiger partial charge on any atom is 0.337 e. The molecule has 2 N–H and O–H groups in total. The third-order valence-corrected chi connectivity index (χ3v) is 3.68. The lowest BCUT2D eigenvalue weighted by atomic mass is 10.1. The van der Waals surface area contributed by atoms with Gasteiger partial charge >= 0.3 is 5.63 Å². The fourth-order valence-electron chi connectivity index (χ4n) is 2.36. The Morgan fingerprint density at radius 1 is 1.19 bits per heavy atom. The number of aryl methyl sites for hydroxylation is 1. The summed E-state index contributed by atoms with van der Waals surface area (Å²) in [6.45, 7) is 2.51. The van der Waals surface area contributed by atoms with Crippen molar-refractivity contribution in [2.45, 2.75) is 13.5 Å². The summed E-state index contributed by atoms with van der Waals surface area (Å²) in [6, 6.07) is 7.32. The molecule has 0 spiro atoms. The van der Waals surface area contributed by atoms with Crippen molar-refractivity contribution in [1.82, 2.24) is 20.6 Å². The minimum Gasteiger partial charge on any atom is -0.497 e. The van der Waals surface area contributed by atoms with E-state index in [1.54, 1.807) is 23.0 Å². The van der Waals surface area contributed by atoms with E-state index in [2.05, 4.69) is 16.0 Å². The van der Waals surface area contributed by atoms with Gasteiger partial charge in [-0.25, -0.2) is 4.79 Å². The molecule has 1 aromatic carbocycles. The number of benzene rings is 1. The van der Waals surface area contributed by atoms with Crippen LogP contribution in [0.1, 0.15) is 27.8 Å². The van der Waals surface area contributed by atoms with Gasteiger partial charge in [0.15, 0.2) is 5.69 Å². The first-order chi connectivity index (χ1) is 12.5. The van der Waals surface area contributed by atoms with Gasteiger partial charge in [0, 0.05) is 30.3 Å². The average molecular weight is 356 g/mol. The smallest absolute Gasteiger partial charge is 0.337 e. The van der Waals surface area contributed by atoms with E-state index < -0.39 is 17.4 Å². The van der Waals surface area contributed by atoms with Gasteiger partial charge in [-0.3, -0.25) is 25.1 Å². The number of aromatic nitrogens is 2. The molecule has 0 bridgehead atoms. The molecule has 9 heteroatoms. The highest BCUT2D eigenvalue weighted by molar-refractivity contribution is 6.06. The second-order valence-corrected chi connectivity index (χ2v) is 5.31. The number of carbonyl (C=O) groups excluding carboxylic acids is 2. The van der Waals surface area contributed by atoms with Crippen molar-refractivity contribution in [3.8, 4) is 5.75 Å². The molecule has 3 rings (SSSR count). The fourth-order valence-corrected chi connectivity index (χ4v) is 2.36. The van der Waals surface area contributed by atoms with Crippen LogP contribution in [0.3, 0.4) is 0 Å². The summed E-state index contributed by atoms with van der Waals surface area (Å²) in [6.07, 6.45) is 1.65. The molecule has 0 aliphatic rings. The number of ether oxygens (including phenoxy) is 1. The van der Waals surface area contributed by atoms with Crippen molar-refractivity contribution in [3.05, 3.63) is 58.2 Å². The molecule has 2 aromatic heterocycles. The number of fused-ring (bicyclic) bond motifs is 1. The number of amides is 2. The molecule has 3 aromatic rings. The molecule has 9 nitrogen and oxygen atoms in total. The lowest BCUT2D eigenvalue weighted by molar-refractivity contribution is 0.0844. The molecular weight excluding hydrogens is 340 g/mol. The molecule has 0 atom stereocenters. The van der Waals surface area contributed by atoms with Crippen LogP contribution in [0.2, 0.25) is 0 Å². The first-order valence-electron chi connectivity index (χ1n) is 7.78. The van der Waals surface area contributed by atoms with Crippen LogP contribution in [-0.2, 0) is 6.54 Å². The van der Waals surface area contributed by atoms with Crippen molar-refractivity contribution in [2.75, 3.05) is 7.11 Å². The van der Waals surface area contributed by atoms with E-state index in [0.29, 0.717) is 17.7 Å². The number of rotatable bonds is 4. The van der Waals surface area contributed by atoms with Crippen molar-refractivity contribution in [2.24, 2.45) is 0 Å². The second kappa shape index (κ2) is 7.09. The number of hydrogen-bond acceptors (Lipinski definition) is 6. The average Bonchev–Trinajstić information content (AvgIpc) is 3.13. The maximum absolute atomic E-state index is 12.4. The molecule has 134 valence electrons. The minimum absolute atomic E-state index is 0.0679. The van der Waals surface area contributed by atoms with E-state index >= 15 is 0 Å². The van der Waals surface area contributed by atoms with Gasteiger partial charge in [0.25, 0.3) is 11.8 Å². The fraction of sp³-hybridized carbons (Fsp3) is 0.176. The summed E-state index contributed by atoms with van der Waals surface area (Å²) >= 11 is 0. The summed E-state index contributed by atoms with van der Waals surface area (Å²) in [4.78, 5) is 36.1. The Balaban J connectivity index is 1.81. The van der Waals surface area contributed by atoms with Crippen molar-refractivity contribution in [3.63, 3.8) is 0 Å². The predicted octanol–water partition coefficient (Wildman–Crippen LogP) is 1.09. The van der Waals surface area contributed by atoms with Crippen LogP contribution in [0.4, 0.5) is 0 Å². The first kappa shape index (κ1) is 17.2. The molecule has 0 saturated carbocycles. The van der Waals surface area contributed by atoms with Crippen molar-refractivity contribution >= 4 is 22.8 Å². The van der Waals surface area contributed by atoms with E-state index in [1.165, 1.54) is 19.2 Å². The summed E-state index contributed by atoms with van der Waals surface area (Å²) in [5.74, 6) is -0.742. The third-order valence-electron chi connectivity index (χ3n) is 3.68. The Kier molecular flexibility index (Phi) is 4.70. The van der Waals surface area contributed by atoms with Crippen LogP contribution >= 0.6 is 0 Å². The molecule has 0 radical (unpaired) electrons. The van der Waals surface area contributed by atoms with Crippen LogP contribution < -0.4 is 21.2 Å². The SMILES string of the molecule is CCn1ccc(C(=O)NNC(=O)c2cc(=O)oc3cc(OC)ccc23)n1. The molecule has 2 heterocycles. The molecule has 0 aliphatic heterocycles. The highest BCUT2D eigenvalue weighted by Gasteiger charge is 2.16. The van der Waals surface area contributed by atoms with E-state index in [1.807, 2.05) is 6.92 Å². The Hall–Kier alpha value is -3.62. The van der Waals surface area contributed by atoms with Crippen molar-refractivity contribution < 1.29 is 18.7 Å². The molecule has 0 saturated heterocycles. The minimum atomic E-state index is -0.691. The second-order valence-electron chi connectivity index (χ2n) is 5.31.